The van der Waals surface area contributed by atoms with Crippen LogP contribution in [0, 0.1) is 0 Å². The lowest BCUT2D eigenvalue weighted by Gasteiger charge is -2.36. The molecule has 0 saturated heterocycles. The van der Waals surface area contributed by atoms with E-state index in [2.05, 4.69) is 32.4 Å². The zero-order chi connectivity index (χ0) is 18.1. The fraction of sp³-hybridized carbons (Fsp3) is 1.00. The first-order valence-corrected chi connectivity index (χ1v) is 11.2. The van der Waals surface area contributed by atoms with Gasteiger partial charge in [0, 0.05) is 16.5 Å². The Hall–Kier alpha value is 0.0300. The molecule has 0 aromatic heterocycles. The van der Waals surface area contributed by atoms with E-state index >= 15 is 0 Å². The summed E-state index contributed by atoms with van der Waals surface area (Å²) < 4.78 is 16.4. The van der Waals surface area contributed by atoms with Crippen molar-refractivity contribution in [2.45, 2.75) is 109 Å². The normalized spacial score (nSPS) is 16.6. The van der Waals surface area contributed by atoms with Crippen LogP contribution in [-0.2, 0) is 10.1 Å². The number of hydrogen-bond donors (Lipinski definition) is 4. The van der Waals surface area contributed by atoms with Gasteiger partial charge in [-0.2, -0.15) is 0 Å². The molecule has 0 heterocycles. The molecular formula is C18H41NO3S. The van der Waals surface area contributed by atoms with Gasteiger partial charge in [-0.1, -0.05) is 56.6 Å². The maximum atomic E-state index is 13.1. The summed E-state index contributed by atoms with van der Waals surface area (Å²) in [6.45, 7) is 12.3. The fourth-order valence-electron chi connectivity index (χ4n) is 2.69. The smallest absolute Gasteiger partial charge is 0.0799 e. The Kier molecular flexibility index (Phi) is 10.8. The van der Waals surface area contributed by atoms with E-state index in [0.29, 0.717) is 18.6 Å². The van der Waals surface area contributed by atoms with Gasteiger partial charge in [-0.25, -0.2) is 0 Å². The molecule has 0 aromatic carbocycles. The van der Waals surface area contributed by atoms with Gasteiger partial charge in [0.05, 0.1) is 12.2 Å². The zero-order valence-corrected chi connectivity index (χ0v) is 17.0. The SMILES string of the molecule is CCCCC(O)C(O)CCCCC[SH](=O)(NC(C)(C)C)C(C)C. The van der Waals surface area contributed by atoms with Crippen molar-refractivity contribution in [3.05, 3.63) is 0 Å². The summed E-state index contributed by atoms with van der Waals surface area (Å²) in [7, 11) is -2.37. The molecule has 0 aliphatic heterocycles. The minimum atomic E-state index is -2.37. The molecule has 142 valence electrons. The van der Waals surface area contributed by atoms with Crippen LogP contribution in [-0.4, -0.2) is 43.2 Å². The lowest BCUT2D eigenvalue weighted by molar-refractivity contribution is 0.00745. The van der Waals surface area contributed by atoms with Gasteiger partial charge in [-0.05, 0) is 40.0 Å². The number of nitrogens with one attached hydrogen (secondary N) is 1. The average molecular weight is 352 g/mol. The first-order chi connectivity index (χ1) is 10.5. The van der Waals surface area contributed by atoms with Gasteiger partial charge < -0.3 is 10.2 Å². The number of aliphatic hydroxyl groups excluding tert-OH is 2. The summed E-state index contributed by atoms with van der Waals surface area (Å²) in [6.07, 6.45) is 4.79. The number of aliphatic hydroxyl groups is 2. The Labute approximate surface area is 145 Å². The molecule has 0 rings (SSSR count). The number of rotatable bonds is 12. The Balaban J connectivity index is 4.11. The summed E-state index contributed by atoms with van der Waals surface area (Å²) in [5.74, 6) is 0.705. The van der Waals surface area contributed by atoms with Crippen LogP contribution >= 0.6 is 0 Å². The first kappa shape index (κ1) is 23.0. The van der Waals surface area contributed by atoms with Crippen molar-refractivity contribution in [3.8, 4) is 0 Å². The summed E-state index contributed by atoms with van der Waals surface area (Å²) in [6, 6.07) is 0. The summed E-state index contributed by atoms with van der Waals surface area (Å²) >= 11 is 0. The number of hydrogen-bond acceptors (Lipinski definition) is 3. The quantitative estimate of drug-likeness (QED) is 0.322. The van der Waals surface area contributed by atoms with Gasteiger partial charge in [0.1, 0.15) is 0 Å². The van der Waals surface area contributed by atoms with Crippen molar-refractivity contribution in [3.63, 3.8) is 0 Å². The first-order valence-electron chi connectivity index (χ1n) is 9.26. The van der Waals surface area contributed by atoms with Crippen LogP contribution in [0.15, 0.2) is 0 Å². The second kappa shape index (κ2) is 10.8. The van der Waals surface area contributed by atoms with E-state index in [1.165, 1.54) is 0 Å². The van der Waals surface area contributed by atoms with Crippen LogP contribution in [0.4, 0.5) is 0 Å². The van der Waals surface area contributed by atoms with E-state index in [1.54, 1.807) is 0 Å². The second-order valence-corrected chi connectivity index (χ2v) is 11.4. The van der Waals surface area contributed by atoms with Crippen LogP contribution < -0.4 is 4.72 Å². The highest BCUT2D eigenvalue weighted by Gasteiger charge is 2.24. The largest absolute Gasteiger partial charge is 0.390 e. The van der Waals surface area contributed by atoms with E-state index < -0.39 is 22.3 Å². The molecule has 0 fully saturated rings. The molecule has 0 saturated carbocycles. The van der Waals surface area contributed by atoms with E-state index in [1.807, 2.05) is 13.8 Å². The molecule has 3 N–H and O–H groups in total. The topological polar surface area (TPSA) is 69.6 Å². The van der Waals surface area contributed by atoms with Gasteiger partial charge in [0.2, 0.25) is 0 Å². The summed E-state index contributed by atoms with van der Waals surface area (Å²) in [4.78, 5) is 0. The predicted molar refractivity (Wildman–Crippen MR) is 102 cm³/mol. The Morgan fingerprint density at radius 2 is 1.48 bits per heavy atom. The molecule has 2 atom stereocenters. The molecule has 23 heavy (non-hydrogen) atoms. The molecule has 4 nitrogen and oxygen atoms in total. The lowest BCUT2D eigenvalue weighted by Crippen LogP contribution is -2.50. The van der Waals surface area contributed by atoms with Crippen molar-refractivity contribution in [1.29, 1.82) is 0 Å². The van der Waals surface area contributed by atoms with Crippen molar-refractivity contribution in [2.24, 2.45) is 0 Å². The molecule has 2 unspecified atom stereocenters. The highest BCUT2D eigenvalue weighted by molar-refractivity contribution is 8.01. The van der Waals surface area contributed by atoms with Crippen molar-refractivity contribution < 1.29 is 14.4 Å². The Morgan fingerprint density at radius 1 is 0.957 bits per heavy atom. The molecule has 5 heteroatoms. The van der Waals surface area contributed by atoms with Gasteiger partial charge in [0.25, 0.3) is 0 Å². The standard InChI is InChI=1S/C18H41NO3S/c1-7-8-12-16(20)17(21)13-10-9-11-14-23(22,15(2)3)19-18(4,5)6/h15-17,20-21,23H,7-14H2,1-6H3,(H,19,22). The maximum absolute atomic E-state index is 13.1. The van der Waals surface area contributed by atoms with Gasteiger partial charge >= 0.3 is 0 Å². The predicted octanol–water partition coefficient (Wildman–Crippen LogP) is 3.19. The summed E-state index contributed by atoms with van der Waals surface area (Å²) in [5, 5.41) is 19.9. The zero-order valence-electron chi connectivity index (χ0n) is 16.1. The Bertz CT molecular complexity index is 353. The maximum Gasteiger partial charge on any atom is 0.0799 e. The van der Waals surface area contributed by atoms with Crippen molar-refractivity contribution >= 4 is 10.1 Å². The molecule has 0 aliphatic carbocycles. The van der Waals surface area contributed by atoms with Crippen LogP contribution in [0.25, 0.3) is 0 Å². The Morgan fingerprint density at radius 3 is 1.91 bits per heavy atom. The van der Waals surface area contributed by atoms with Crippen LogP contribution in [0.2, 0.25) is 0 Å². The highest BCUT2D eigenvalue weighted by atomic mass is 32.3. The van der Waals surface area contributed by atoms with Crippen LogP contribution in [0.3, 0.4) is 0 Å². The van der Waals surface area contributed by atoms with E-state index in [9.17, 15) is 14.4 Å². The van der Waals surface area contributed by atoms with E-state index in [-0.39, 0.29) is 10.8 Å². The number of thiol groups is 1. The minimum Gasteiger partial charge on any atom is -0.390 e. The molecule has 0 aliphatic rings. The molecular weight excluding hydrogens is 310 g/mol. The van der Waals surface area contributed by atoms with E-state index in [4.69, 9.17) is 0 Å². The highest BCUT2D eigenvalue weighted by Crippen LogP contribution is 2.18. The second-order valence-electron chi connectivity index (χ2n) is 8.10. The third kappa shape index (κ3) is 10.5. The fourth-order valence-corrected chi connectivity index (χ4v) is 5.40. The summed E-state index contributed by atoms with van der Waals surface area (Å²) in [5.41, 5.74) is -0.140. The van der Waals surface area contributed by atoms with Gasteiger partial charge in [0.15, 0.2) is 0 Å². The number of unbranched alkanes of at least 4 members (excludes halogenated alkanes) is 3. The molecule has 0 spiro atoms. The third-order valence-electron chi connectivity index (χ3n) is 4.15. The lowest BCUT2D eigenvalue weighted by atomic mass is 10.0. The van der Waals surface area contributed by atoms with Crippen LogP contribution in [0.1, 0.15) is 86.5 Å². The van der Waals surface area contributed by atoms with Crippen LogP contribution in [0.5, 0.6) is 0 Å². The van der Waals surface area contributed by atoms with E-state index in [0.717, 1.165) is 32.1 Å². The minimum absolute atomic E-state index is 0.140. The third-order valence-corrected chi connectivity index (χ3v) is 7.84. The van der Waals surface area contributed by atoms with Crippen molar-refractivity contribution in [2.75, 3.05) is 5.75 Å². The van der Waals surface area contributed by atoms with Gasteiger partial charge in [-0.15, -0.1) is 0 Å². The average Bonchev–Trinajstić information content (AvgIpc) is 2.41. The molecule has 0 bridgehead atoms. The molecule has 0 amide bonds. The molecule has 0 radical (unpaired) electrons. The molecule has 0 aromatic rings. The monoisotopic (exact) mass is 351 g/mol. The van der Waals surface area contributed by atoms with Gasteiger partial charge in [-0.3, -0.25) is 8.93 Å². The van der Waals surface area contributed by atoms with Crippen molar-refractivity contribution in [1.82, 2.24) is 4.72 Å².